The van der Waals surface area contributed by atoms with Crippen molar-refractivity contribution in [2.24, 2.45) is 11.8 Å². The van der Waals surface area contributed by atoms with Gasteiger partial charge >= 0.3 is 6.18 Å². The summed E-state index contributed by atoms with van der Waals surface area (Å²) >= 11 is 0. The van der Waals surface area contributed by atoms with Crippen LogP contribution in [0.1, 0.15) is 29.0 Å². The first-order valence-corrected chi connectivity index (χ1v) is 7.17. The maximum absolute atomic E-state index is 12.5. The fraction of sp³-hybridized carbons (Fsp3) is 0.692. The average Bonchev–Trinajstić information content (AvgIpc) is 3.06. The van der Waals surface area contributed by atoms with Crippen molar-refractivity contribution >= 4 is 18.3 Å². The number of hydrogen-bond acceptors (Lipinski definition) is 4. The second-order valence-electron chi connectivity index (χ2n) is 5.96. The molecule has 1 aromatic rings. The van der Waals surface area contributed by atoms with Gasteiger partial charge in [0.05, 0.1) is 12.1 Å². The van der Waals surface area contributed by atoms with Crippen LogP contribution < -0.4 is 10.6 Å². The zero-order chi connectivity index (χ0) is 15.9. The van der Waals surface area contributed by atoms with E-state index in [4.69, 9.17) is 0 Å². The van der Waals surface area contributed by atoms with Crippen LogP contribution >= 0.6 is 12.4 Å². The highest BCUT2D eigenvalue weighted by Crippen LogP contribution is 2.33. The standard InChI is InChI=1S/C13H17F3N4O2.ClH/c14-13(15,16)11-3-9(19-20-11)12(22)18-8-1-6-4-17-5-7(6)2-10(8)21;/h3,6-8,10,17,21H,1-2,4-5H2,(H,18,22)(H,19,20);1H/t6-,7+,8-,10-;/m0./s1. The molecule has 3 rings (SSSR count). The van der Waals surface area contributed by atoms with Gasteiger partial charge < -0.3 is 15.7 Å². The van der Waals surface area contributed by atoms with Crippen LogP contribution in [-0.2, 0) is 6.18 Å². The molecule has 2 fully saturated rings. The number of halogens is 4. The van der Waals surface area contributed by atoms with Crippen LogP contribution in [0.15, 0.2) is 6.07 Å². The maximum atomic E-state index is 12.5. The Morgan fingerprint density at radius 1 is 1.30 bits per heavy atom. The summed E-state index contributed by atoms with van der Waals surface area (Å²) in [5.74, 6) is 0.0594. The van der Waals surface area contributed by atoms with Crippen LogP contribution in [0.4, 0.5) is 13.2 Å². The summed E-state index contributed by atoms with van der Waals surface area (Å²) in [6.07, 6.45) is -4.07. The second-order valence-corrected chi connectivity index (χ2v) is 5.96. The van der Waals surface area contributed by atoms with Gasteiger partial charge in [0.15, 0.2) is 5.69 Å². The Bertz CT molecular complexity index is 566. The molecular weight excluding hydrogens is 337 g/mol. The molecule has 4 N–H and O–H groups in total. The van der Waals surface area contributed by atoms with E-state index in [0.29, 0.717) is 30.7 Å². The average molecular weight is 355 g/mol. The third-order valence-electron chi connectivity index (χ3n) is 4.48. The molecule has 0 bridgehead atoms. The first-order chi connectivity index (χ1) is 10.3. The fourth-order valence-electron chi connectivity index (χ4n) is 3.28. The summed E-state index contributed by atoms with van der Waals surface area (Å²) in [5, 5.41) is 21.1. The molecule has 1 amide bonds. The van der Waals surface area contributed by atoms with Crippen molar-refractivity contribution in [1.82, 2.24) is 20.8 Å². The summed E-state index contributed by atoms with van der Waals surface area (Å²) in [7, 11) is 0. The number of alkyl halides is 3. The van der Waals surface area contributed by atoms with E-state index in [2.05, 4.69) is 15.7 Å². The van der Waals surface area contributed by atoms with Crippen molar-refractivity contribution in [3.63, 3.8) is 0 Å². The minimum Gasteiger partial charge on any atom is -0.391 e. The number of aliphatic hydroxyl groups excluding tert-OH is 1. The van der Waals surface area contributed by atoms with Gasteiger partial charge in [-0.2, -0.15) is 18.3 Å². The van der Waals surface area contributed by atoms with Crippen LogP contribution in [0.25, 0.3) is 0 Å². The predicted molar refractivity (Wildman–Crippen MR) is 77.2 cm³/mol. The number of aromatic amines is 1. The molecule has 1 aromatic heterocycles. The molecule has 0 spiro atoms. The number of aromatic nitrogens is 2. The van der Waals surface area contributed by atoms with E-state index in [1.807, 2.05) is 0 Å². The number of carbonyl (C=O) groups is 1. The highest BCUT2D eigenvalue weighted by atomic mass is 35.5. The Hall–Kier alpha value is -1.32. The minimum absolute atomic E-state index is 0. The molecule has 0 aromatic carbocycles. The number of rotatable bonds is 2. The van der Waals surface area contributed by atoms with E-state index >= 15 is 0 Å². The van der Waals surface area contributed by atoms with Gasteiger partial charge in [0, 0.05) is 6.07 Å². The number of nitrogens with zero attached hydrogens (tertiary/aromatic N) is 1. The summed E-state index contributed by atoms with van der Waals surface area (Å²) in [6.45, 7) is 1.70. The molecule has 23 heavy (non-hydrogen) atoms. The second kappa shape index (κ2) is 6.66. The molecule has 4 atom stereocenters. The lowest BCUT2D eigenvalue weighted by atomic mass is 9.77. The Balaban J connectivity index is 0.00000192. The quantitative estimate of drug-likeness (QED) is 0.636. The van der Waals surface area contributed by atoms with Crippen molar-refractivity contribution in [3.8, 4) is 0 Å². The van der Waals surface area contributed by atoms with Gasteiger partial charge in [-0.15, -0.1) is 12.4 Å². The van der Waals surface area contributed by atoms with E-state index in [0.717, 1.165) is 13.1 Å². The molecular formula is C13H18ClF3N4O2. The van der Waals surface area contributed by atoms with Crippen molar-refractivity contribution < 1.29 is 23.1 Å². The van der Waals surface area contributed by atoms with Crippen LogP contribution in [0.2, 0.25) is 0 Å². The van der Waals surface area contributed by atoms with E-state index in [-0.39, 0.29) is 18.1 Å². The molecule has 1 aliphatic carbocycles. The number of H-pyrrole nitrogens is 1. The Morgan fingerprint density at radius 3 is 2.57 bits per heavy atom. The van der Waals surface area contributed by atoms with Crippen LogP contribution in [-0.4, -0.2) is 46.4 Å². The van der Waals surface area contributed by atoms with Gasteiger partial charge in [0.1, 0.15) is 5.69 Å². The number of amides is 1. The van der Waals surface area contributed by atoms with Crippen LogP contribution in [0, 0.1) is 11.8 Å². The highest BCUT2D eigenvalue weighted by Gasteiger charge is 2.40. The molecule has 10 heteroatoms. The third kappa shape index (κ3) is 3.78. The molecule has 0 unspecified atom stereocenters. The summed E-state index contributed by atoms with van der Waals surface area (Å²) in [5.41, 5.74) is -1.40. The van der Waals surface area contributed by atoms with E-state index in [1.165, 1.54) is 0 Å². The first kappa shape index (κ1) is 18.0. The number of hydrogen-bond donors (Lipinski definition) is 4. The third-order valence-corrected chi connectivity index (χ3v) is 4.48. The zero-order valence-corrected chi connectivity index (χ0v) is 12.9. The van der Waals surface area contributed by atoms with E-state index in [1.54, 1.807) is 5.10 Å². The molecule has 130 valence electrons. The van der Waals surface area contributed by atoms with Crippen molar-refractivity contribution in [2.75, 3.05) is 13.1 Å². The Labute approximate surface area is 136 Å². The smallest absolute Gasteiger partial charge is 0.391 e. The Kier molecular flexibility index (Phi) is 5.22. The molecule has 1 saturated heterocycles. The molecule has 2 aliphatic rings. The summed E-state index contributed by atoms with van der Waals surface area (Å²) in [4.78, 5) is 12.0. The van der Waals surface area contributed by atoms with Crippen molar-refractivity contribution in [3.05, 3.63) is 17.5 Å². The molecule has 1 saturated carbocycles. The summed E-state index contributed by atoms with van der Waals surface area (Å²) in [6, 6.07) is 0.212. The maximum Gasteiger partial charge on any atom is 0.432 e. The van der Waals surface area contributed by atoms with Gasteiger partial charge in [0.25, 0.3) is 5.91 Å². The van der Waals surface area contributed by atoms with Gasteiger partial charge in [-0.05, 0) is 37.8 Å². The lowest BCUT2D eigenvalue weighted by Crippen LogP contribution is -2.49. The van der Waals surface area contributed by atoms with Gasteiger partial charge in [-0.3, -0.25) is 9.89 Å². The highest BCUT2D eigenvalue weighted by molar-refractivity contribution is 5.92. The van der Waals surface area contributed by atoms with Crippen molar-refractivity contribution in [1.29, 1.82) is 0 Å². The lowest BCUT2D eigenvalue weighted by Gasteiger charge is -2.35. The zero-order valence-electron chi connectivity index (χ0n) is 12.1. The first-order valence-electron chi connectivity index (χ1n) is 7.17. The van der Waals surface area contributed by atoms with Crippen LogP contribution in [0.3, 0.4) is 0 Å². The fourth-order valence-corrected chi connectivity index (χ4v) is 3.28. The lowest BCUT2D eigenvalue weighted by molar-refractivity contribution is -0.141. The molecule has 2 heterocycles. The number of nitrogens with one attached hydrogen (secondary N) is 3. The topological polar surface area (TPSA) is 90.0 Å². The predicted octanol–water partition coefficient (Wildman–Crippen LogP) is 0.939. The monoisotopic (exact) mass is 354 g/mol. The molecule has 6 nitrogen and oxygen atoms in total. The minimum atomic E-state index is -4.57. The van der Waals surface area contributed by atoms with E-state index < -0.39 is 29.9 Å². The number of fused-ring (bicyclic) bond motifs is 1. The summed E-state index contributed by atoms with van der Waals surface area (Å²) < 4.78 is 37.4. The molecule has 0 radical (unpaired) electrons. The van der Waals surface area contributed by atoms with Crippen molar-refractivity contribution in [2.45, 2.75) is 31.2 Å². The number of carbonyl (C=O) groups excluding carboxylic acids is 1. The Morgan fingerprint density at radius 2 is 1.96 bits per heavy atom. The largest absolute Gasteiger partial charge is 0.432 e. The number of aliphatic hydroxyl groups is 1. The molecule has 1 aliphatic heterocycles. The van der Waals surface area contributed by atoms with Gasteiger partial charge in [0.2, 0.25) is 0 Å². The SMILES string of the molecule is Cl.O=C(N[C@H]1C[C@H]2CNC[C@H]2C[C@@H]1O)c1cc(C(F)(F)F)[nH]n1. The van der Waals surface area contributed by atoms with Gasteiger partial charge in [-0.1, -0.05) is 0 Å². The van der Waals surface area contributed by atoms with Gasteiger partial charge in [-0.25, -0.2) is 0 Å². The van der Waals surface area contributed by atoms with E-state index in [9.17, 15) is 23.1 Å². The normalized spacial score (nSPS) is 30.4. The van der Waals surface area contributed by atoms with Crippen LogP contribution in [0.5, 0.6) is 0 Å².